The van der Waals surface area contributed by atoms with E-state index in [0.29, 0.717) is 18.9 Å². The first-order valence-corrected chi connectivity index (χ1v) is 9.14. The average molecular weight is 346 g/mol. The smallest absolute Gasteiger partial charge is 0.264 e. The molecule has 6 heteroatoms. The van der Waals surface area contributed by atoms with Crippen LogP contribution in [0.1, 0.15) is 35.0 Å². The molecular weight excluding hydrogens is 327 g/mol. The van der Waals surface area contributed by atoms with Gasteiger partial charge in [-0.2, -0.15) is 0 Å². The Labute approximate surface area is 144 Å². The van der Waals surface area contributed by atoms with Crippen LogP contribution in [-0.2, 0) is 11.2 Å². The van der Waals surface area contributed by atoms with Gasteiger partial charge < -0.3 is 9.64 Å². The molecule has 0 aliphatic carbocycles. The second-order valence-corrected chi connectivity index (χ2v) is 7.38. The van der Waals surface area contributed by atoms with Crippen LogP contribution in [0.4, 0.5) is 4.39 Å². The second-order valence-electron chi connectivity index (χ2n) is 6.49. The molecule has 1 saturated heterocycles. The van der Waals surface area contributed by atoms with Gasteiger partial charge in [0.15, 0.2) is 17.7 Å². The SMILES string of the molecule is Cc1csc([C@@H]2CCCN(C(=O)[C@@H]3Cc4cccc(F)c4O3)C2)n1. The van der Waals surface area contributed by atoms with Gasteiger partial charge in [0, 0.05) is 42.1 Å². The van der Waals surface area contributed by atoms with Gasteiger partial charge in [-0.05, 0) is 25.8 Å². The summed E-state index contributed by atoms with van der Waals surface area (Å²) in [7, 11) is 0. The number of amides is 1. The van der Waals surface area contributed by atoms with Gasteiger partial charge in [0.25, 0.3) is 5.91 Å². The summed E-state index contributed by atoms with van der Waals surface area (Å²) in [4.78, 5) is 19.3. The molecular formula is C18H19FN2O2S. The van der Waals surface area contributed by atoms with Crippen molar-refractivity contribution < 1.29 is 13.9 Å². The third kappa shape index (κ3) is 2.79. The largest absolute Gasteiger partial charge is 0.477 e. The van der Waals surface area contributed by atoms with Crippen LogP contribution in [0, 0.1) is 12.7 Å². The lowest BCUT2D eigenvalue weighted by atomic mass is 9.98. The molecule has 24 heavy (non-hydrogen) atoms. The van der Waals surface area contributed by atoms with E-state index in [1.165, 1.54) is 6.07 Å². The Hall–Kier alpha value is -1.95. The van der Waals surface area contributed by atoms with E-state index in [4.69, 9.17) is 4.74 Å². The summed E-state index contributed by atoms with van der Waals surface area (Å²) in [5, 5.41) is 3.15. The molecule has 0 radical (unpaired) electrons. The number of para-hydroxylation sites is 1. The zero-order valence-corrected chi connectivity index (χ0v) is 14.3. The number of likely N-dealkylation sites (tertiary alicyclic amines) is 1. The van der Waals surface area contributed by atoms with E-state index in [2.05, 4.69) is 10.4 Å². The molecule has 2 aromatic rings. The van der Waals surface area contributed by atoms with E-state index in [9.17, 15) is 9.18 Å². The number of carbonyl (C=O) groups is 1. The fraction of sp³-hybridized carbons (Fsp3) is 0.444. The summed E-state index contributed by atoms with van der Waals surface area (Å²) >= 11 is 1.66. The molecule has 0 spiro atoms. The molecule has 3 heterocycles. The van der Waals surface area contributed by atoms with Crippen LogP contribution in [-0.4, -0.2) is 35.0 Å². The van der Waals surface area contributed by atoms with Crippen molar-refractivity contribution >= 4 is 17.2 Å². The van der Waals surface area contributed by atoms with Crippen LogP contribution >= 0.6 is 11.3 Å². The molecule has 1 aromatic heterocycles. The number of carbonyl (C=O) groups excluding carboxylic acids is 1. The van der Waals surface area contributed by atoms with Gasteiger partial charge in [-0.1, -0.05) is 12.1 Å². The highest BCUT2D eigenvalue weighted by atomic mass is 32.1. The van der Waals surface area contributed by atoms with Gasteiger partial charge in [0.2, 0.25) is 0 Å². The molecule has 2 aliphatic heterocycles. The molecule has 0 N–H and O–H groups in total. The number of aromatic nitrogens is 1. The van der Waals surface area contributed by atoms with Gasteiger partial charge in [-0.15, -0.1) is 11.3 Å². The predicted molar refractivity (Wildman–Crippen MR) is 89.9 cm³/mol. The van der Waals surface area contributed by atoms with Crippen molar-refractivity contribution in [3.63, 3.8) is 0 Å². The molecule has 2 atom stereocenters. The van der Waals surface area contributed by atoms with Crippen LogP contribution in [0.25, 0.3) is 0 Å². The van der Waals surface area contributed by atoms with E-state index in [-0.39, 0.29) is 11.7 Å². The second kappa shape index (κ2) is 6.16. The lowest BCUT2D eigenvalue weighted by Gasteiger charge is -2.33. The fourth-order valence-corrected chi connectivity index (χ4v) is 4.44. The van der Waals surface area contributed by atoms with Gasteiger partial charge in [0.1, 0.15) is 0 Å². The number of benzene rings is 1. The van der Waals surface area contributed by atoms with E-state index in [1.807, 2.05) is 17.9 Å². The van der Waals surface area contributed by atoms with Crippen molar-refractivity contribution in [3.8, 4) is 5.75 Å². The first-order valence-electron chi connectivity index (χ1n) is 8.26. The minimum absolute atomic E-state index is 0.0384. The molecule has 1 fully saturated rings. The van der Waals surface area contributed by atoms with E-state index in [0.717, 1.165) is 35.7 Å². The third-order valence-corrected chi connectivity index (χ3v) is 5.83. The molecule has 4 rings (SSSR count). The molecule has 0 unspecified atom stereocenters. The maximum absolute atomic E-state index is 13.8. The molecule has 2 aliphatic rings. The predicted octanol–water partition coefficient (Wildman–Crippen LogP) is 3.30. The van der Waals surface area contributed by atoms with Crippen LogP contribution in [0.2, 0.25) is 0 Å². The molecule has 4 nitrogen and oxygen atoms in total. The maximum atomic E-state index is 13.8. The van der Waals surface area contributed by atoms with Crippen LogP contribution in [0.15, 0.2) is 23.6 Å². The number of thiazole rings is 1. The summed E-state index contributed by atoms with van der Waals surface area (Å²) in [6.45, 7) is 3.40. The zero-order chi connectivity index (χ0) is 16.7. The Bertz CT molecular complexity index is 776. The Morgan fingerprint density at radius 2 is 2.33 bits per heavy atom. The number of hydrogen-bond acceptors (Lipinski definition) is 4. The van der Waals surface area contributed by atoms with Crippen molar-refractivity contribution in [1.82, 2.24) is 9.88 Å². The van der Waals surface area contributed by atoms with Gasteiger partial charge >= 0.3 is 0 Å². The normalized spacial score (nSPS) is 23.0. The van der Waals surface area contributed by atoms with Crippen molar-refractivity contribution in [2.45, 2.75) is 38.2 Å². The van der Waals surface area contributed by atoms with Crippen molar-refractivity contribution in [2.75, 3.05) is 13.1 Å². The summed E-state index contributed by atoms with van der Waals surface area (Å²) in [5.74, 6) is 0.100. The van der Waals surface area contributed by atoms with Crippen LogP contribution in [0.3, 0.4) is 0 Å². The fourth-order valence-electron chi connectivity index (χ4n) is 3.51. The number of nitrogens with zero attached hydrogens (tertiary/aromatic N) is 2. The van der Waals surface area contributed by atoms with Crippen LogP contribution < -0.4 is 4.74 Å². The Balaban J connectivity index is 1.46. The maximum Gasteiger partial charge on any atom is 0.264 e. The molecule has 1 aromatic carbocycles. The summed E-state index contributed by atoms with van der Waals surface area (Å²) in [6, 6.07) is 4.85. The van der Waals surface area contributed by atoms with E-state index < -0.39 is 11.9 Å². The molecule has 0 saturated carbocycles. The van der Waals surface area contributed by atoms with Crippen molar-refractivity contribution in [3.05, 3.63) is 45.7 Å². The zero-order valence-electron chi connectivity index (χ0n) is 13.5. The number of halogens is 1. The quantitative estimate of drug-likeness (QED) is 0.838. The van der Waals surface area contributed by atoms with Crippen molar-refractivity contribution in [2.24, 2.45) is 0 Å². The topological polar surface area (TPSA) is 42.4 Å². The number of hydrogen-bond donors (Lipinski definition) is 0. The summed E-state index contributed by atoms with van der Waals surface area (Å²) in [5.41, 5.74) is 1.81. The Kier molecular flexibility index (Phi) is 4.00. The minimum atomic E-state index is -0.603. The number of ether oxygens (including phenoxy) is 1. The Morgan fingerprint density at radius 1 is 1.46 bits per heavy atom. The number of fused-ring (bicyclic) bond motifs is 1. The van der Waals surface area contributed by atoms with E-state index >= 15 is 0 Å². The Morgan fingerprint density at radius 3 is 3.08 bits per heavy atom. The lowest BCUT2D eigenvalue weighted by molar-refractivity contribution is -0.139. The first-order chi connectivity index (χ1) is 11.6. The van der Waals surface area contributed by atoms with Crippen LogP contribution in [0.5, 0.6) is 5.75 Å². The highest BCUT2D eigenvalue weighted by molar-refractivity contribution is 7.09. The summed E-state index contributed by atoms with van der Waals surface area (Å²) in [6.07, 6.45) is 1.86. The van der Waals surface area contributed by atoms with Crippen molar-refractivity contribution in [1.29, 1.82) is 0 Å². The minimum Gasteiger partial charge on any atom is -0.477 e. The first kappa shape index (κ1) is 15.6. The monoisotopic (exact) mass is 346 g/mol. The number of aryl methyl sites for hydroxylation is 1. The van der Waals surface area contributed by atoms with Gasteiger partial charge in [0.05, 0.1) is 5.01 Å². The van der Waals surface area contributed by atoms with Gasteiger partial charge in [-0.3, -0.25) is 4.79 Å². The number of rotatable bonds is 2. The summed E-state index contributed by atoms with van der Waals surface area (Å²) < 4.78 is 19.4. The molecule has 0 bridgehead atoms. The highest BCUT2D eigenvalue weighted by Crippen LogP contribution is 2.34. The lowest BCUT2D eigenvalue weighted by Crippen LogP contribution is -2.45. The standard InChI is InChI=1S/C18H19FN2O2S/c1-11-10-24-17(20-11)13-5-3-7-21(9-13)18(22)15-8-12-4-2-6-14(19)16(12)23-15/h2,4,6,10,13,15H,3,5,7-9H2,1H3/t13-,15+/m1/s1. The molecule has 1 amide bonds. The highest BCUT2D eigenvalue weighted by Gasteiger charge is 2.36. The molecule has 126 valence electrons. The number of piperidine rings is 1. The average Bonchev–Trinajstić information content (AvgIpc) is 3.21. The van der Waals surface area contributed by atoms with E-state index in [1.54, 1.807) is 17.4 Å². The van der Waals surface area contributed by atoms with Gasteiger partial charge in [-0.25, -0.2) is 9.37 Å². The third-order valence-electron chi connectivity index (χ3n) is 4.71.